The lowest BCUT2D eigenvalue weighted by molar-refractivity contribution is -0.117. The molecule has 0 unspecified atom stereocenters. The zero-order valence-corrected chi connectivity index (χ0v) is 20.6. The van der Waals surface area contributed by atoms with Crippen molar-refractivity contribution in [1.82, 2.24) is 0 Å². The van der Waals surface area contributed by atoms with Gasteiger partial charge in [-0.2, -0.15) is 0 Å². The van der Waals surface area contributed by atoms with Gasteiger partial charge in [-0.25, -0.2) is 8.42 Å². The maximum atomic E-state index is 13.5. The lowest BCUT2D eigenvalue weighted by atomic mass is 10.2. The van der Waals surface area contributed by atoms with Gasteiger partial charge in [0.05, 0.1) is 17.7 Å². The lowest BCUT2D eigenvalue weighted by Crippen LogP contribution is -2.38. The third kappa shape index (κ3) is 5.41. The van der Waals surface area contributed by atoms with E-state index in [4.69, 9.17) is 16.3 Å². The number of methoxy groups -OCH3 is 1. The predicted octanol–water partition coefficient (Wildman–Crippen LogP) is 4.31. The van der Waals surface area contributed by atoms with E-state index in [-0.39, 0.29) is 22.2 Å². The first-order valence-electron chi connectivity index (χ1n) is 10.9. The number of sulfonamides is 1. The van der Waals surface area contributed by atoms with Crippen molar-refractivity contribution in [2.24, 2.45) is 0 Å². The van der Waals surface area contributed by atoms with Crippen LogP contribution in [0, 0.1) is 0 Å². The lowest BCUT2D eigenvalue weighted by Gasteiger charge is -2.26. The number of amides is 2. The van der Waals surface area contributed by atoms with Gasteiger partial charge in [-0.1, -0.05) is 29.8 Å². The molecule has 182 valence electrons. The van der Waals surface area contributed by atoms with Crippen LogP contribution in [0.1, 0.15) is 12.8 Å². The fourth-order valence-electron chi connectivity index (χ4n) is 3.85. The molecule has 1 aliphatic heterocycles. The summed E-state index contributed by atoms with van der Waals surface area (Å²) < 4.78 is 33.4. The Morgan fingerprint density at radius 3 is 2.43 bits per heavy atom. The zero-order valence-electron chi connectivity index (χ0n) is 19.0. The molecule has 0 spiro atoms. The maximum absolute atomic E-state index is 13.5. The number of halogens is 1. The summed E-state index contributed by atoms with van der Waals surface area (Å²) >= 11 is 6.15. The number of benzene rings is 3. The van der Waals surface area contributed by atoms with Crippen molar-refractivity contribution in [3.8, 4) is 5.75 Å². The summed E-state index contributed by atoms with van der Waals surface area (Å²) in [7, 11) is -2.72. The number of nitrogens with zero attached hydrogens (tertiary/aromatic N) is 2. The molecule has 0 bridgehead atoms. The molecule has 1 aliphatic rings. The molecule has 35 heavy (non-hydrogen) atoms. The van der Waals surface area contributed by atoms with E-state index >= 15 is 0 Å². The number of ether oxygens (including phenoxy) is 1. The minimum atomic E-state index is -4.13. The Bertz CT molecular complexity index is 1330. The monoisotopic (exact) mass is 513 g/mol. The topological polar surface area (TPSA) is 96.0 Å². The number of carbonyl (C=O) groups excluding carboxylic acids is 2. The van der Waals surface area contributed by atoms with E-state index in [1.54, 1.807) is 59.5 Å². The van der Waals surface area contributed by atoms with E-state index in [2.05, 4.69) is 5.32 Å². The third-order valence-corrected chi connectivity index (χ3v) is 7.57. The molecule has 3 aromatic rings. The van der Waals surface area contributed by atoms with Gasteiger partial charge in [0.2, 0.25) is 11.8 Å². The molecule has 0 atom stereocenters. The molecule has 0 aliphatic carbocycles. The van der Waals surface area contributed by atoms with Gasteiger partial charge in [0, 0.05) is 29.4 Å². The molecule has 8 nitrogen and oxygen atoms in total. The Balaban J connectivity index is 1.60. The van der Waals surface area contributed by atoms with Crippen LogP contribution in [0.5, 0.6) is 5.75 Å². The molecule has 3 aromatic carbocycles. The van der Waals surface area contributed by atoms with Crippen molar-refractivity contribution in [1.29, 1.82) is 0 Å². The largest absolute Gasteiger partial charge is 0.495 e. The number of hydrogen-bond acceptors (Lipinski definition) is 5. The molecule has 4 rings (SSSR count). The van der Waals surface area contributed by atoms with Gasteiger partial charge < -0.3 is 15.0 Å². The minimum absolute atomic E-state index is 0.0226. The van der Waals surface area contributed by atoms with Crippen molar-refractivity contribution in [3.05, 3.63) is 77.8 Å². The van der Waals surface area contributed by atoms with E-state index in [1.807, 2.05) is 0 Å². The van der Waals surface area contributed by atoms with E-state index in [1.165, 1.54) is 25.3 Å². The highest BCUT2D eigenvalue weighted by Crippen LogP contribution is 2.35. The number of hydrogen-bond donors (Lipinski definition) is 1. The second-order valence-corrected chi connectivity index (χ2v) is 10.2. The van der Waals surface area contributed by atoms with Crippen LogP contribution < -0.4 is 19.3 Å². The molecule has 1 saturated heterocycles. The highest BCUT2D eigenvalue weighted by Gasteiger charge is 2.30. The summed E-state index contributed by atoms with van der Waals surface area (Å²) in [5.41, 5.74) is 1.37. The first-order valence-corrected chi connectivity index (χ1v) is 12.7. The maximum Gasteiger partial charge on any atom is 0.264 e. The molecular weight excluding hydrogens is 490 g/mol. The molecule has 0 radical (unpaired) electrons. The third-order valence-electron chi connectivity index (χ3n) is 5.56. The first kappa shape index (κ1) is 24.6. The zero-order chi connectivity index (χ0) is 25.0. The van der Waals surface area contributed by atoms with Gasteiger partial charge in [0.25, 0.3) is 10.0 Å². The Morgan fingerprint density at radius 2 is 1.80 bits per heavy atom. The van der Waals surface area contributed by atoms with Crippen molar-refractivity contribution in [2.45, 2.75) is 17.7 Å². The molecule has 1 heterocycles. The standard InChI is InChI=1S/C25H24ClN3O5S/c1-34-23-14-9-18(26)16-22(23)29(35(32,33)21-6-3-2-4-7-21)17-24(30)27-19-10-12-20(13-11-19)28-15-5-8-25(28)31/h2-4,6-7,9-14,16H,5,8,15,17H2,1H3,(H,27,30). The smallest absolute Gasteiger partial charge is 0.264 e. The average molecular weight is 514 g/mol. The quantitative estimate of drug-likeness (QED) is 0.484. The van der Waals surface area contributed by atoms with Gasteiger partial charge in [0.1, 0.15) is 12.3 Å². The molecule has 10 heteroatoms. The number of rotatable bonds is 8. The van der Waals surface area contributed by atoms with E-state index in [0.717, 1.165) is 16.4 Å². The summed E-state index contributed by atoms with van der Waals surface area (Å²) in [4.78, 5) is 26.7. The Morgan fingerprint density at radius 1 is 1.09 bits per heavy atom. The number of carbonyl (C=O) groups is 2. The predicted molar refractivity (Wildman–Crippen MR) is 136 cm³/mol. The van der Waals surface area contributed by atoms with E-state index in [0.29, 0.717) is 23.7 Å². The minimum Gasteiger partial charge on any atom is -0.495 e. The van der Waals surface area contributed by atoms with Crippen LogP contribution in [0.3, 0.4) is 0 Å². The van der Waals surface area contributed by atoms with Crippen molar-refractivity contribution >= 4 is 50.5 Å². The SMILES string of the molecule is COc1ccc(Cl)cc1N(CC(=O)Nc1ccc(N2CCCC2=O)cc1)S(=O)(=O)c1ccccc1. The van der Waals surface area contributed by atoms with Gasteiger partial charge in [-0.3, -0.25) is 13.9 Å². The number of anilines is 3. The van der Waals surface area contributed by atoms with E-state index < -0.39 is 22.5 Å². The second-order valence-electron chi connectivity index (χ2n) is 7.88. The van der Waals surface area contributed by atoms with Crippen LogP contribution in [0.2, 0.25) is 5.02 Å². The number of nitrogens with one attached hydrogen (secondary N) is 1. The average Bonchev–Trinajstić information content (AvgIpc) is 3.29. The van der Waals surface area contributed by atoms with Crippen LogP contribution in [0.4, 0.5) is 17.1 Å². The fourth-order valence-corrected chi connectivity index (χ4v) is 5.46. The van der Waals surface area contributed by atoms with Gasteiger partial charge in [-0.15, -0.1) is 0 Å². The molecule has 1 fully saturated rings. The van der Waals surface area contributed by atoms with Gasteiger partial charge in [-0.05, 0) is 61.0 Å². The summed E-state index contributed by atoms with van der Waals surface area (Å²) in [6.45, 7) is 0.151. The first-order chi connectivity index (χ1) is 16.8. The van der Waals surface area contributed by atoms with Crippen molar-refractivity contribution < 1.29 is 22.7 Å². The highest BCUT2D eigenvalue weighted by atomic mass is 35.5. The van der Waals surface area contributed by atoms with Crippen molar-refractivity contribution in [2.75, 3.05) is 34.7 Å². The van der Waals surface area contributed by atoms with E-state index in [9.17, 15) is 18.0 Å². The molecule has 1 N–H and O–H groups in total. The molecule has 0 saturated carbocycles. The normalized spacial score (nSPS) is 13.5. The Kier molecular flexibility index (Phi) is 7.28. The van der Waals surface area contributed by atoms with Crippen LogP contribution in [-0.4, -0.2) is 40.4 Å². The summed E-state index contributed by atoms with van der Waals surface area (Å²) in [6, 6.07) is 19.2. The van der Waals surface area contributed by atoms with Crippen LogP contribution >= 0.6 is 11.6 Å². The fraction of sp³-hybridized carbons (Fsp3) is 0.200. The van der Waals surface area contributed by atoms with Gasteiger partial charge in [0.15, 0.2) is 0 Å². The van der Waals surface area contributed by atoms with Crippen LogP contribution in [0.15, 0.2) is 77.7 Å². The summed E-state index contributed by atoms with van der Waals surface area (Å²) in [5, 5.41) is 3.02. The van der Waals surface area contributed by atoms with Crippen LogP contribution in [-0.2, 0) is 19.6 Å². The molecule has 2 amide bonds. The summed E-state index contributed by atoms with van der Waals surface area (Å²) in [6.07, 6.45) is 1.34. The molecular formula is C25H24ClN3O5S. The van der Waals surface area contributed by atoms with Crippen LogP contribution in [0.25, 0.3) is 0 Å². The highest BCUT2D eigenvalue weighted by molar-refractivity contribution is 7.92. The van der Waals surface area contributed by atoms with Crippen molar-refractivity contribution in [3.63, 3.8) is 0 Å². The second kappa shape index (κ2) is 10.4. The Hall–Kier alpha value is -3.56. The Labute approximate surface area is 209 Å². The summed E-state index contributed by atoms with van der Waals surface area (Å²) in [5.74, 6) is -0.239. The molecule has 0 aromatic heterocycles. The van der Waals surface area contributed by atoms with Gasteiger partial charge >= 0.3 is 0 Å².